The molecule has 4 rings (SSSR count). The number of rotatable bonds is 3. The predicted octanol–water partition coefficient (Wildman–Crippen LogP) is 2.64. The number of likely N-dealkylation sites (tertiary alicyclic amines) is 3. The first-order chi connectivity index (χ1) is 14.0. The van der Waals surface area contributed by atoms with Crippen molar-refractivity contribution in [3.8, 4) is 5.75 Å². The van der Waals surface area contributed by atoms with Crippen molar-refractivity contribution < 1.29 is 14.7 Å². The second-order valence-electron chi connectivity index (χ2n) is 8.89. The van der Waals surface area contributed by atoms with E-state index in [4.69, 9.17) is 0 Å². The van der Waals surface area contributed by atoms with Gasteiger partial charge in [-0.1, -0.05) is 6.07 Å². The summed E-state index contributed by atoms with van der Waals surface area (Å²) in [7, 11) is 0. The Bertz CT molecular complexity index is 752. The summed E-state index contributed by atoms with van der Waals surface area (Å²) in [6.07, 6.45) is 6.30. The second-order valence-corrected chi connectivity index (χ2v) is 8.89. The molecule has 2 amide bonds. The molecule has 3 fully saturated rings. The van der Waals surface area contributed by atoms with Crippen LogP contribution in [0, 0.1) is 12.8 Å². The minimum atomic E-state index is -0.000480. The van der Waals surface area contributed by atoms with E-state index in [1.807, 2.05) is 11.8 Å². The van der Waals surface area contributed by atoms with Crippen molar-refractivity contribution >= 4 is 11.8 Å². The highest BCUT2D eigenvalue weighted by Gasteiger charge is 2.34. The molecule has 6 nitrogen and oxygen atoms in total. The molecule has 0 radical (unpaired) electrons. The molecular weight excluding hydrogens is 366 g/mol. The highest BCUT2D eigenvalue weighted by molar-refractivity contribution is 5.94. The average Bonchev–Trinajstić information content (AvgIpc) is 3.30. The summed E-state index contributed by atoms with van der Waals surface area (Å²) in [5.41, 5.74) is 1.34. The van der Waals surface area contributed by atoms with Crippen LogP contribution in [0.1, 0.15) is 54.4 Å². The van der Waals surface area contributed by atoms with Gasteiger partial charge < -0.3 is 14.9 Å². The molecule has 0 aliphatic carbocycles. The Morgan fingerprint density at radius 1 is 0.931 bits per heavy atom. The van der Waals surface area contributed by atoms with Gasteiger partial charge in [-0.25, -0.2) is 0 Å². The van der Waals surface area contributed by atoms with Crippen LogP contribution in [0.15, 0.2) is 18.2 Å². The number of benzene rings is 1. The molecule has 1 aromatic carbocycles. The SMILES string of the molecule is Cc1ccc(C(=O)N2CCC(N3CCCC(C(=O)N4CCCC4)C3)CC2)cc1O. The lowest BCUT2D eigenvalue weighted by atomic mass is 9.92. The van der Waals surface area contributed by atoms with Crippen molar-refractivity contribution in [2.75, 3.05) is 39.3 Å². The van der Waals surface area contributed by atoms with Gasteiger partial charge in [0, 0.05) is 44.3 Å². The Morgan fingerprint density at radius 3 is 2.34 bits per heavy atom. The third-order valence-corrected chi connectivity index (χ3v) is 6.94. The molecule has 29 heavy (non-hydrogen) atoms. The van der Waals surface area contributed by atoms with Crippen LogP contribution in [-0.2, 0) is 4.79 Å². The zero-order valence-electron chi connectivity index (χ0n) is 17.5. The monoisotopic (exact) mass is 399 g/mol. The van der Waals surface area contributed by atoms with Crippen LogP contribution in [-0.4, -0.2) is 76.9 Å². The predicted molar refractivity (Wildman–Crippen MR) is 112 cm³/mol. The summed E-state index contributed by atoms with van der Waals surface area (Å²) in [5.74, 6) is 0.684. The molecule has 0 spiro atoms. The topological polar surface area (TPSA) is 64.1 Å². The third kappa shape index (κ3) is 4.42. The van der Waals surface area contributed by atoms with E-state index in [0.717, 1.165) is 83.4 Å². The van der Waals surface area contributed by atoms with Gasteiger partial charge in [-0.15, -0.1) is 0 Å². The van der Waals surface area contributed by atoms with Gasteiger partial charge in [0.2, 0.25) is 5.91 Å². The summed E-state index contributed by atoms with van der Waals surface area (Å²) in [6, 6.07) is 5.62. The van der Waals surface area contributed by atoms with E-state index in [9.17, 15) is 14.7 Å². The molecule has 1 N–H and O–H groups in total. The molecule has 6 heteroatoms. The number of phenols is 1. The molecule has 0 bridgehead atoms. The van der Waals surface area contributed by atoms with Gasteiger partial charge in [-0.05, 0) is 69.7 Å². The molecule has 0 aromatic heterocycles. The lowest BCUT2D eigenvalue weighted by molar-refractivity contribution is -0.136. The van der Waals surface area contributed by atoms with Crippen LogP contribution in [0.4, 0.5) is 0 Å². The smallest absolute Gasteiger partial charge is 0.253 e. The number of amides is 2. The number of nitrogens with zero attached hydrogens (tertiary/aromatic N) is 3. The van der Waals surface area contributed by atoms with Crippen LogP contribution >= 0.6 is 0 Å². The maximum Gasteiger partial charge on any atom is 0.253 e. The van der Waals surface area contributed by atoms with Gasteiger partial charge in [0.1, 0.15) is 5.75 Å². The number of carbonyl (C=O) groups excluding carboxylic acids is 2. The van der Waals surface area contributed by atoms with Gasteiger partial charge in [0.05, 0.1) is 5.92 Å². The molecule has 3 aliphatic rings. The third-order valence-electron chi connectivity index (χ3n) is 6.94. The van der Waals surface area contributed by atoms with Crippen LogP contribution in [0.25, 0.3) is 0 Å². The number of carbonyl (C=O) groups is 2. The van der Waals surface area contributed by atoms with Gasteiger partial charge in [0.15, 0.2) is 0 Å². The number of phenolic OH excluding ortho intramolecular Hbond substituents is 1. The normalized spacial score (nSPS) is 24.1. The van der Waals surface area contributed by atoms with Crippen molar-refractivity contribution in [3.63, 3.8) is 0 Å². The van der Waals surface area contributed by atoms with Gasteiger partial charge in [0.25, 0.3) is 5.91 Å². The highest BCUT2D eigenvalue weighted by Crippen LogP contribution is 2.27. The molecular formula is C23H33N3O3. The molecule has 158 valence electrons. The first kappa shape index (κ1) is 20.2. The summed E-state index contributed by atoms with van der Waals surface area (Å²) in [5, 5.41) is 9.90. The number of piperidine rings is 2. The Labute approximate surface area is 173 Å². The van der Waals surface area contributed by atoms with Crippen molar-refractivity contribution in [1.29, 1.82) is 0 Å². The van der Waals surface area contributed by atoms with E-state index in [1.54, 1.807) is 18.2 Å². The second kappa shape index (κ2) is 8.74. The van der Waals surface area contributed by atoms with E-state index in [0.29, 0.717) is 17.5 Å². The summed E-state index contributed by atoms with van der Waals surface area (Å²) >= 11 is 0. The first-order valence-corrected chi connectivity index (χ1v) is 11.1. The molecule has 1 aromatic rings. The molecule has 1 atom stereocenters. The van der Waals surface area contributed by atoms with Crippen LogP contribution in [0.2, 0.25) is 0 Å². The average molecular weight is 400 g/mol. The molecule has 0 saturated carbocycles. The summed E-state index contributed by atoms with van der Waals surface area (Å²) < 4.78 is 0. The molecule has 1 unspecified atom stereocenters. The maximum atomic E-state index is 12.8. The fraction of sp³-hybridized carbons (Fsp3) is 0.652. The highest BCUT2D eigenvalue weighted by atomic mass is 16.3. The Hall–Kier alpha value is -2.08. The maximum absolute atomic E-state index is 12.8. The molecule has 3 aliphatic heterocycles. The van der Waals surface area contributed by atoms with Crippen molar-refractivity contribution in [3.05, 3.63) is 29.3 Å². The van der Waals surface area contributed by atoms with Crippen LogP contribution in [0.5, 0.6) is 5.75 Å². The minimum Gasteiger partial charge on any atom is -0.508 e. The number of aryl methyl sites for hydroxylation is 1. The lowest BCUT2D eigenvalue weighted by Gasteiger charge is -2.42. The van der Waals surface area contributed by atoms with E-state index < -0.39 is 0 Å². The fourth-order valence-corrected chi connectivity index (χ4v) is 5.09. The van der Waals surface area contributed by atoms with E-state index in [1.165, 1.54) is 0 Å². The van der Waals surface area contributed by atoms with Crippen LogP contribution in [0.3, 0.4) is 0 Å². The lowest BCUT2D eigenvalue weighted by Crippen LogP contribution is -2.51. The molecule has 3 heterocycles. The zero-order chi connectivity index (χ0) is 20.4. The van der Waals surface area contributed by atoms with E-state index >= 15 is 0 Å². The van der Waals surface area contributed by atoms with E-state index in [-0.39, 0.29) is 17.6 Å². The Kier molecular flexibility index (Phi) is 6.09. The number of aromatic hydroxyl groups is 1. The molecule has 3 saturated heterocycles. The van der Waals surface area contributed by atoms with Gasteiger partial charge in [-0.2, -0.15) is 0 Å². The summed E-state index contributed by atoms with van der Waals surface area (Å²) in [4.78, 5) is 32.1. The largest absolute Gasteiger partial charge is 0.508 e. The standard InChI is InChI=1S/C23H33N3O3/c1-17-6-7-18(15-21(17)27)22(28)25-13-8-20(9-14-25)26-12-4-5-19(16-26)23(29)24-10-2-3-11-24/h6-7,15,19-20,27H,2-5,8-14,16H2,1H3. The first-order valence-electron chi connectivity index (χ1n) is 11.1. The van der Waals surface area contributed by atoms with Gasteiger partial charge >= 0.3 is 0 Å². The summed E-state index contributed by atoms with van der Waals surface area (Å²) in [6.45, 7) is 7.11. The zero-order valence-corrected chi connectivity index (χ0v) is 17.5. The fourth-order valence-electron chi connectivity index (χ4n) is 5.09. The number of hydrogen-bond acceptors (Lipinski definition) is 4. The Balaban J connectivity index is 1.31. The minimum absolute atomic E-state index is 0.000480. The van der Waals surface area contributed by atoms with Crippen LogP contribution < -0.4 is 0 Å². The van der Waals surface area contributed by atoms with Gasteiger partial charge in [-0.3, -0.25) is 14.5 Å². The Morgan fingerprint density at radius 2 is 1.66 bits per heavy atom. The van der Waals surface area contributed by atoms with Crippen molar-refractivity contribution in [2.45, 2.75) is 51.5 Å². The van der Waals surface area contributed by atoms with E-state index in [2.05, 4.69) is 9.80 Å². The van der Waals surface area contributed by atoms with Crippen molar-refractivity contribution in [1.82, 2.24) is 14.7 Å². The quantitative estimate of drug-likeness (QED) is 0.849. The van der Waals surface area contributed by atoms with Crippen molar-refractivity contribution in [2.24, 2.45) is 5.92 Å². The number of hydrogen-bond donors (Lipinski definition) is 1.